The van der Waals surface area contributed by atoms with Gasteiger partial charge in [0.05, 0.1) is 6.54 Å². The third-order valence-electron chi connectivity index (χ3n) is 1.93. The highest BCUT2D eigenvalue weighted by molar-refractivity contribution is 5.77. The molecule has 0 rings (SSSR count). The number of carbonyl (C=O) groups is 1. The summed E-state index contributed by atoms with van der Waals surface area (Å²) in [5.74, 6) is -0.839. The number of allylic oxidation sites excluding steroid dienone is 1. The van der Waals surface area contributed by atoms with Crippen LogP contribution in [-0.4, -0.2) is 48.9 Å². The van der Waals surface area contributed by atoms with Crippen LogP contribution in [0.15, 0.2) is 16.6 Å². The summed E-state index contributed by atoms with van der Waals surface area (Å²) in [6.45, 7) is 4.10. The Morgan fingerprint density at radius 2 is 2.07 bits per heavy atom. The van der Waals surface area contributed by atoms with Crippen LogP contribution in [0.1, 0.15) is 13.8 Å². The third-order valence-corrected chi connectivity index (χ3v) is 1.93. The molecule has 0 saturated heterocycles. The maximum absolute atomic E-state index is 11.0. The molecule has 1 N–H and O–H groups in total. The summed E-state index contributed by atoms with van der Waals surface area (Å²) >= 11 is 0. The van der Waals surface area contributed by atoms with Crippen molar-refractivity contribution < 1.29 is 9.90 Å². The van der Waals surface area contributed by atoms with Gasteiger partial charge < -0.3 is 5.11 Å². The number of hydrogen-bond acceptors (Lipinski definition) is 3. The summed E-state index contributed by atoms with van der Waals surface area (Å²) in [5, 5.41) is 9.01. The lowest BCUT2D eigenvalue weighted by Gasteiger charge is -2.21. The molecule has 4 heteroatoms. The fraction of sp³-hybridized carbons (Fsp3) is 0.600. The minimum atomic E-state index is -0.839. The molecule has 80 valence electrons. The maximum Gasteiger partial charge on any atom is 0.325 e. The van der Waals surface area contributed by atoms with Gasteiger partial charge in [-0.3, -0.25) is 14.7 Å². The zero-order valence-electron chi connectivity index (χ0n) is 9.19. The zero-order chi connectivity index (χ0) is 11.1. The van der Waals surface area contributed by atoms with Crippen LogP contribution in [0.5, 0.6) is 0 Å². The van der Waals surface area contributed by atoms with E-state index in [-0.39, 0.29) is 0 Å². The number of likely N-dealkylation sites (N-methyl/N-ethyl adjacent to an activating group) is 1. The Labute approximate surface area is 84.9 Å². The van der Waals surface area contributed by atoms with Crippen LogP contribution >= 0.6 is 0 Å². The van der Waals surface area contributed by atoms with Gasteiger partial charge in [-0.05, 0) is 39.7 Å². The van der Waals surface area contributed by atoms with Gasteiger partial charge in [0, 0.05) is 0 Å². The first-order valence-electron chi connectivity index (χ1n) is 4.53. The number of hydrogen-bond donors (Lipinski definition) is 1. The summed E-state index contributed by atoms with van der Waals surface area (Å²) < 4.78 is 0. The molecule has 0 aliphatic rings. The second-order valence-corrected chi connectivity index (χ2v) is 3.17. The number of carboxylic acids is 1. The van der Waals surface area contributed by atoms with E-state index in [1.807, 2.05) is 19.9 Å². The first-order valence-corrected chi connectivity index (χ1v) is 4.53. The van der Waals surface area contributed by atoms with E-state index in [2.05, 4.69) is 4.99 Å². The molecule has 0 aromatic rings. The van der Waals surface area contributed by atoms with E-state index in [0.717, 1.165) is 5.57 Å². The van der Waals surface area contributed by atoms with Gasteiger partial charge in [0.2, 0.25) is 0 Å². The predicted molar refractivity (Wildman–Crippen MR) is 57.9 cm³/mol. The van der Waals surface area contributed by atoms with Crippen molar-refractivity contribution >= 4 is 12.2 Å². The number of rotatable bonds is 5. The van der Waals surface area contributed by atoms with Crippen molar-refractivity contribution in [3.8, 4) is 0 Å². The normalized spacial score (nSPS) is 15.1. The smallest absolute Gasteiger partial charge is 0.325 e. The van der Waals surface area contributed by atoms with Gasteiger partial charge in [-0.25, -0.2) is 0 Å². The lowest BCUT2D eigenvalue weighted by molar-refractivity contribution is -0.140. The molecule has 0 fully saturated rings. The third kappa shape index (κ3) is 3.70. The molecule has 0 amide bonds. The number of aliphatic carboxylic acids is 1. The molecular weight excluding hydrogens is 180 g/mol. The van der Waals surface area contributed by atoms with Crippen LogP contribution in [0, 0.1) is 0 Å². The van der Waals surface area contributed by atoms with Gasteiger partial charge in [-0.2, -0.15) is 0 Å². The SMILES string of the molecule is CC=NCC(=CC)C(C(=O)O)N(C)C. The molecule has 0 saturated carbocycles. The van der Waals surface area contributed by atoms with Crippen LogP contribution in [0.3, 0.4) is 0 Å². The second kappa shape index (κ2) is 6.32. The van der Waals surface area contributed by atoms with E-state index in [0.29, 0.717) is 6.54 Å². The molecule has 4 nitrogen and oxygen atoms in total. The number of nitrogens with zero attached hydrogens (tertiary/aromatic N) is 2. The Morgan fingerprint density at radius 1 is 1.50 bits per heavy atom. The van der Waals surface area contributed by atoms with Gasteiger partial charge >= 0.3 is 5.97 Å². The molecule has 0 aromatic heterocycles. The first kappa shape index (κ1) is 12.8. The van der Waals surface area contributed by atoms with Gasteiger partial charge in [-0.1, -0.05) is 6.08 Å². The van der Waals surface area contributed by atoms with Crippen LogP contribution < -0.4 is 0 Å². The standard InChI is InChI=1S/C10H18N2O2/c1-5-8(7-11-6-2)9(10(13)14)12(3)4/h5-6,9H,7H2,1-4H3,(H,13,14). The minimum absolute atomic E-state index is 0.447. The van der Waals surface area contributed by atoms with E-state index in [1.54, 1.807) is 25.2 Å². The van der Waals surface area contributed by atoms with Gasteiger partial charge in [0.15, 0.2) is 0 Å². The monoisotopic (exact) mass is 198 g/mol. The summed E-state index contributed by atoms with van der Waals surface area (Å²) in [4.78, 5) is 16.7. The minimum Gasteiger partial charge on any atom is -0.480 e. The van der Waals surface area contributed by atoms with Gasteiger partial charge in [-0.15, -0.1) is 0 Å². The number of aliphatic imine (C=N–C) groups is 1. The zero-order valence-corrected chi connectivity index (χ0v) is 9.19. The highest BCUT2D eigenvalue weighted by Gasteiger charge is 2.23. The van der Waals surface area contributed by atoms with Crippen molar-refractivity contribution in [3.63, 3.8) is 0 Å². The fourth-order valence-corrected chi connectivity index (χ4v) is 1.24. The van der Waals surface area contributed by atoms with Crippen LogP contribution in [0.2, 0.25) is 0 Å². The van der Waals surface area contributed by atoms with Gasteiger partial charge in [0.25, 0.3) is 0 Å². The Balaban J connectivity index is 4.69. The summed E-state index contributed by atoms with van der Waals surface area (Å²) in [6.07, 6.45) is 3.49. The van der Waals surface area contributed by atoms with Crippen molar-refractivity contribution in [2.75, 3.05) is 20.6 Å². The largest absolute Gasteiger partial charge is 0.480 e. The van der Waals surface area contributed by atoms with E-state index in [9.17, 15) is 4.79 Å². The second-order valence-electron chi connectivity index (χ2n) is 3.17. The van der Waals surface area contributed by atoms with Crippen molar-refractivity contribution in [2.45, 2.75) is 19.9 Å². The quantitative estimate of drug-likeness (QED) is 0.530. The van der Waals surface area contributed by atoms with Crippen molar-refractivity contribution in [1.29, 1.82) is 0 Å². The lowest BCUT2D eigenvalue weighted by Crippen LogP contribution is -2.38. The van der Waals surface area contributed by atoms with Crippen molar-refractivity contribution in [2.24, 2.45) is 4.99 Å². The molecule has 0 spiro atoms. The van der Waals surface area contributed by atoms with E-state index in [4.69, 9.17) is 5.11 Å². The van der Waals surface area contributed by atoms with Crippen molar-refractivity contribution in [1.82, 2.24) is 4.90 Å². The number of carboxylic acid groups (broad SMARTS) is 1. The summed E-state index contributed by atoms with van der Waals surface area (Å²) in [5.41, 5.74) is 0.806. The highest BCUT2D eigenvalue weighted by Crippen LogP contribution is 2.08. The lowest BCUT2D eigenvalue weighted by atomic mass is 10.1. The van der Waals surface area contributed by atoms with E-state index < -0.39 is 12.0 Å². The predicted octanol–water partition coefficient (Wildman–Crippen LogP) is 1.04. The Hall–Kier alpha value is -1.16. The Bertz CT molecular complexity index is 245. The average Bonchev–Trinajstić information content (AvgIpc) is 2.10. The first-order chi connectivity index (χ1) is 6.54. The highest BCUT2D eigenvalue weighted by atomic mass is 16.4. The summed E-state index contributed by atoms with van der Waals surface area (Å²) in [7, 11) is 3.50. The summed E-state index contributed by atoms with van der Waals surface area (Å²) in [6, 6.07) is -0.580. The molecule has 1 atom stereocenters. The topological polar surface area (TPSA) is 52.9 Å². The Kier molecular flexibility index (Phi) is 5.79. The fourth-order valence-electron chi connectivity index (χ4n) is 1.24. The molecule has 14 heavy (non-hydrogen) atoms. The molecule has 0 aromatic carbocycles. The van der Waals surface area contributed by atoms with Crippen LogP contribution in [0.25, 0.3) is 0 Å². The molecule has 1 unspecified atom stereocenters. The van der Waals surface area contributed by atoms with Crippen LogP contribution in [0.4, 0.5) is 0 Å². The Morgan fingerprint density at radius 3 is 2.36 bits per heavy atom. The average molecular weight is 198 g/mol. The van der Waals surface area contributed by atoms with E-state index >= 15 is 0 Å². The molecule has 0 aliphatic carbocycles. The maximum atomic E-state index is 11.0. The van der Waals surface area contributed by atoms with Gasteiger partial charge in [0.1, 0.15) is 6.04 Å². The molecule has 0 heterocycles. The van der Waals surface area contributed by atoms with Crippen molar-refractivity contribution in [3.05, 3.63) is 11.6 Å². The molecular formula is C10H18N2O2. The molecule has 0 aliphatic heterocycles. The molecule has 0 bridgehead atoms. The van der Waals surface area contributed by atoms with Crippen LogP contribution in [-0.2, 0) is 4.79 Å². The molecule has 0 radical (unpaired) electrons. The van der Waals surface area contributed by atoms with E-state index in [1.165, 1.54) is 0 Å².